The highest BCUT2D eigenvalue weighted by Gasteiger charge is 2.34. The Hall–Kier alpha value is -2.54. The molecule has 0 unspecified atom stereocenters. The van der Waals surface area contributed by atoms with Crippen LogP contribution in [0.4, 0.5) is 5.69 Å². The molecule has 7 heteroatoms. The van der Waals surface area contributed by atoms with Crippen molar-refractivity contribution >= 4 is 22.5 Å². The highest BCUT2D eigenvalue weighted by Crippen LogP contribution is 2.37. The zero-order valence-corrected chi connectivity index (χ0v) is 18.7. The smallest absolute Gasteiger partial charge is 0.225 e. The number of methoxy groups -OCH3 is 3. The Morgan fingerprint density at radius 1 is 1.06 bits per heavy atom. The molecule has 2 heterocycles. The van der Waals surface area contributed by atoms with E-state index < -0.39 is 0 Å². The molecule has 7 nitrogen and oxygen atoms in total. The Kier molecular flexibility index (Phi) is 6.51. The molecular formula is C24H33N3O4. The van der Waals surface area contributed by atoms with Crippen molar-refractivity contribution in [2.45, 2.75) is 50.5 Å². The summed E-state index contributed by atoms with van der Waals surface area (Å²) in [5.41, 5.74) is 8.78. The molecule has 2 fully saturated rings. The summed E-state index contributed by atoms with van der Waals surface area (Å²) >= 11 is 0. The third-order valence-corrected chi connectivity index (χ3v) is 6.81. The normalized spacial score (nSPS) is 24.2. The summed E-state index contributed by atoms with van der Waals surface area (Å²) in [5.74, 6) is 1.76. The Bertz CT molecular complexity index is 948. The lowest BCUT2D eigenvalue weighted by Crippen LogP contribution is -2.44. The standard InChI is InChI=1S/C24H33N3O4/c1-29-18-8-4-6-15(10-18)24(28)27-9-5-7-16(14-27)23-19(25)11-17-12-21(30-2)22(31-3)13-20(17)26-23/h11-13,15-16,18H,4-10,14,25H2,1-3H3/t15-,16+,18+/m1/s1. The van der Waals surface area contributed by atoms with Gasteiger partial charge in [0.1, 0.15) is 0 Å². The molecule has 2 aromatic rings. The monoisotopic (exact) mass is 427 g/mol. The molecule has 4 rings (SSSR count). The number of benzene rings is 1. The molecule has 0 spiro atoms. The molecule has 1 saturated carbocycles. The van der Waals surface area contributed by atoms with E-state index in [1.54, 1.807) is 21.3 Å². The fraction of sp³-hybridized carbons (Fsp3) is 0.583. The number of aromatic nitrogens is 1. The second-order valence-electron chi connectivity index (χ2n) is 8.71. The molecule has 2 aliphatic rings. The summed E-state index contributed by atoms with van der Waals surface area (Å²) in [5, 5.41) is 0.912. The first kappa shape index (κ1) is 21.7. The maximum Gasteiger partial charge on any atom is 0.225 e. The zero-order valence-electron chi connectivity index (χ0n) is 18.7. The van der Waals surface area contributed by atoms with Gasteiger partial charge in [-0.15, -0.1) is 0 Å². The first-order valence-corrected chi connectivity index (χ1v) is 11.2. The molecule has 2 N–H and O–H groups in total. The van der Waals surface area contributed by atoms with Crippen LogP contribution >= 0.6 is 0 Å². The summed E-state index contributed by atoms with van der Waals surface area (Å²) in [7, 11) is 4.97. The molecule has 31 heavy (non-hydrogen) atoms. The van der Waals surface area contributed by atoms with Gasteiger partial charge in [0.25, 0.3) is 0 Å². The van der Waals surface area contributed by atoms with Gasteiger partial charge in [0.2, 0.25) is 5.91 Å². The van der Waals surface area contributed by atoms with Crippen molar-refractivity contribution in [3.05, 3.63) is 23.9 Å². The highest BCUT2D eigenvalue weighted by atomic mass is 16.5. The minimum atomic E-state index is 0.0658. The Morgan fingerprint density at radius 2 is 1.84 bits per heavy atom. The number of amides is 1. The lowest BCUT2D eigenvalue weighted by atomic mass is 9.85. The number of carbonyl (C=O) groups is 1. The topological polar surface area (TPSA) is 86.9 Å². The third kappa shape index (κ3) is 4.42. The number of fused-ring (bicyclic) bond motifs is 1. The van der Waals surface area contributed by atoms with Gasteiger partial charge < -0.3 is 24.8 Å². The number of anilines is 1. The van der Waals surface area contributed by atoms with E-state index in [9.17, 15) is 4.79 Å². The number of ether oxygens (including phenoxy) is 3. The highest BCUT2D eigenvalue weighted by molar-refractivity contribution is 5.86. The molecule has 3 atom stereocenters. The molecule has 1 aromatic heterocycles. The van der Waals surface area contributed by atoms with Crippen LogP contribution in [0.2, 0.25) is 0 Å². The van der Waals surface area contributed by atoms with Crippen LogP contribution in [0.25, 0.3) is 10.9 Å². The fourth-order valence-corrected chi connectivity index (χ4v) is 5.10. The number of nitrogen functional groups attached to an aromatic ring is 1. The molecule has 1 saturated heterocycles. The minimum Gasteiger partial charge on any atom is -0.493 e. The molecule has 168 valence electrons. The van der Waals surface area contributed by atoms with Gasteiger partial charge in [-0.05, 0) is 44.2 Å². The summed E-state index contributed by atoms with van der Waals surface area (Å²) in [6.07, 6.45) is 6.03. The Balaban J connectivity index is 1.56. The molecule has 1 amide bonds. The van der Waals surface area contributed by atoms with Crippen LogP contribution in [0, 0.1) is 5.92 Å². The number of nitrogens with zero attached hydrogens (tertiary/aromatic N) is 2. The molecule has 1 aliphatic heterocycles. The van der Waals surface area contributed by atoms with Gasteiger partial charge in [0, 0.05) is 43.5 Å². The number of hydrogen-bond acceptors (Lipinski definition) is 6. The summed E-state index contributed by atoms with van der Waals surface area (Å²) in [6.45, 7) is 1.48. The van der Waals surface area contributed by atoms with E-state index >= 15 is 0 Å². The second-order valence-corrected chi connectivity index (χ2v) is 8.71. The van der Waals surface area contributed by atoms with Crippen LogP contribution in [0.3, 0.4) is 0 Å². The van der Waals surface area contributed by atoms with Gasteiger partial charge in [0.05, 0.1) is 37.2 Å². The maximum atomic E-state index is 13.2. The first-order valence-electron chi connectivity index (χ1n) is 11.2. The van der Waals surface area contributed by atoms with Crippen molar-refractivity contribution in [3.63, 3.8) is 0 Å². The number of pyridine rings is 1. The van der Waals surface area contributed by atoms with Crippen molar-refractivity contribution in [3.8, 4) is 11.5 Å². The average Bonchev–Trinajstić information content (AvgIpc) is 2.82. The fourth-order valence-electron chi connectivity index (χ4n) is 5.10. The molecular weight excluding hydrogens is 394 g/mol. The predicted molar refractivity (Wildman–Crippen MR) is 121 cm³/mol. The van der Waals surface area contributed by atoms with E-state index in [2.05, 4.69) is 0 Å². The van der Waals surface area contributed by atoms with Gasteiger partial charge in [-0.3, -0.25) is 9.78 Å². The minimum absolute atomic E-state index is 0.0658. The third-order valence-electron chi connectivity index (χ3n) is 6.81. The van der Waals surface area contributed by atoms with Crippen LogP contribution in [0.15, 0.2) is 18.2 Å². The molecule has 0 radical (unpaired) electrons. The van der Waals surface area contributed by atoms with E-state index in [-0.39, 0.29) is 23.8 Å². The van der Waals surface area contributed by atoms with Crippen LogP contribution in [0.5, 0.6) is 11.5 Å². The number of piperidine rings is 1. The number of hydrogen-bond donors (Lipinski definition) is 1. The van der Waals surface area contributed by atoms with Crippen LogP contribution in [-0.2, 0) is 9.53 Å². The lowest BCUT2D eigenvalue weighted by molar-refractivity contribution is -0.139. The SMILES string of the molecule is COc1cc2cc(N)c([C@H]3CCCN(C(=O)[C@@H]4CCC[C@H](OC)C4)C3)nc2cc1OC. The van der Waals surface area contributed by atoms with Gasteiger partial charge in [0.15, 0.2) is 11.5 Å². The number of nitrogens with two attached hydrogens (primary N) is 1. The summed E-state index contributed by atoms with van der Waals surface area (Å²) < 4.78 is 16.4. The number of carbonyl (C=O) groups excluding carboxylic acids is 1. The number of rotatable bonds is 5. The second kappa shape index (κ2) is 9.30. The van der Waals surface area contributed by atoms with E-state index in [0.717, 1.165) is 61.7 Å². The van der Waals surface area contributed by atoms with Crippen molar-refractivity contribution < 1.29 is 19.0 Å². The molecule has 1 aromatic carbocycles. The van der Waals surface area contributed by atoms with Crippen LogP contribution in [0.1, 0.15) is 50.1 Å². The van der Waals surface area contributed by atoms with Crippen molar-refractivity contribution in [1.82, 2.24) is 9.88 Å². The van der Waals surface area contributed by atoms with Crippen molar-refractivity contribution in [2.75, 3.05) is 40.2 Å². The van der Waals surface area contributed by atoms with Crippen molar-refractivity contribution in [2.24, 2.45) is 5.92 Å². The van der Waals surface area contributed by atoms with Gasteiger partial charge in [-0.2, -0.15) is 0 Å². The molecule has 1 aliphatic carbocycles. The lowest BCUT2D eigenvalue weighted by Gasteiger charge is -2.37. The molecule has 0 bridgehead atoms. The van der Waals surface area contributed by atoms with Gasteiger partial charge in [-0.1, -0.05) is 6.42 Å². The zero-order chi connectivity index (χ0) is 22.0. The Labute approximate surface area is 183 Å². The largest absolute Gasteiger partial charge is 0.493 e. The maximum absolute atomic E-state index is 13.2. The summed E-state index contributed by atoms with van der Waals surface area (Å²) in [6, 6.07) is 5.73. The van der Waals surface area contributed by atoms with Gasteiger partial charge >= 0.3 is 0 Å². The Morgan fingerprint density at radius 3 is 2.58 bits per heavy atom. The predicted octanol–water partition coefficient (Wildman–Crippen LogP) is 3.75. The van der Waals surface area contributed by atoms with Crippen LogP contribution in [-0.4, -0.2) is 56.3 Å². The average molecular weight is 428 g/mol. The van der Waals surface area contributed by atoms with E-state index in [4.69, 9.17) is 24.9 Å². The van der Waals surface area contributed by atoms with Crippen LogP contribution < -0.4 is 15.2 Å². The summed E-state index contributed by atoms with van der Waals surface area (Å²) in [4.78, 5) is 20.2. The quantitative estimate of drug-likeness (QED) is 0.782. The van der Waals surface area contributed by atoms with Gasteiger partial charge in [-0.25, -0.2) is 0 Å². The first-order chi connectivity index (χ1) is 15.0. The van der Waals surface area contributed by atoms with E-state index in [1.807, 2.05) is 23.1 Å². The van der Waals surface area contributed by atoms with E-state index in [1.165, 1.54) is 0 Å². The van der Waals surface area contributed by atoms with Crippen molar-refractivity contribution in [1.29, 1.82) is 0 Å². The van der Waals surface area contributed by atoms with E-state index in [0.29, 0.717) is 23.7 Å². The number of likely N-dealkylation sites (tertiary alicyclic amines) is 1.